The standard InChI is InChI=1S/C25H33NO2S2.C15H19NO2/c1-3-15-12-17(10-11-18-13-16(4-2)22-23(18)30-14-29-22)21-20(15)24(27)26(25(21)28)19-8-6-5-7-9-19;17-14-12-9-6-7-10(8-9)13(12)15(18)16(14)11-4-2-1-3-5-11/h3-4,10-11,15-23H,1-2,5-9,12-14H2;6-7,9-13H,1-5,8H2/t;9?,10?,12-,13?/m.1/s1. The Morgan fingerprint density at radius 1 is 0.542 bits per heavy atom. The SMILES string of the molecule is C=CC1CC(C=CC2CC(C=C)C3C(=O)N(C4CCCCC4)C(=O)C23)C2SCSC12.O=C1C2C3C=CC(C3)[C@H]2C(=O)N1C1CCCCC1. The minimum absolute atomic E-state index is 0.00516. The van der Waals surface area contributed by atoms with Crippen molar-refractivity contribution in [3.63, 3.8) is 0 Å². The molecule has 2 bridgehead atoms. The number of carbonyl (C=O) groups is 4. The summed E-state index contributed by atoms with van der Waals surface area (Å²) < 4.78 is 0. The summed E-state index contributed by atoms with van der Waals surface area (Å²) in [7, 11) is 0. The predicted octanol–water partition coefficient (Wildman–Crippen LogP) is 7.42. The minimum atomic E-state index is -0.180. The Morgan fingerprint density at radius 3 is 1.50 bits per heavy atom. The summed E-state index contributed by atoms with van der Waals surface area (Å²) in [5.74, 6) is 2.28. The molecule has 9 aliphatic rings. The Labute approximate surface area is 295 Å². The van der Waals surface area contributed by atoms with Crippen LogP contribution in [0.3, 0.4) is 0 Å². The van der Waals surface area contributed by atoms with Crippen molar-refractivity contribution in [3.8, 4) is 0 Å². The molecule has 3 saturated heterocycles. The highest BCUT2D eigenvalue weighted by atomic mass is 32.2. The number of allylic oxidation sites excluding steroid dienone is 6. The zero-order valence-electron chi connectivity index (χ0n) is 28.2. The third-order valence-electron chi connectivity index (χ3n) is 13.7. The van der Waals surface area contributed by atoms with Gasteiger partial charge in [0.05, 0.1) is 23.7 Å². The Morgan fingerprint density at radius 2 is 0.979 bits per heavy atom. The molecule has 3 heterocycles. The van der Waals surface area contributed by atoms with Crippen LogP contribution < -0.4 is 0 Å². The maximum Gasteiger partial charge on any atom is 0.233 e. The molecule has 0 aromatic carbocycles. The van der Waals surface area contributed by atoms with Crippen molar-refractivity contribution in [1.82, 2.24) is 9.80 Å². The molecule has 3 aliphatic heterocycles. The van der Waals surface area contributed by atoms with Crippen molar-refractivity contribution < 1.29 is 19.2 Å². The molecule has 12 atom stereocenters. The van der Waals surface area contributed by atoms with E-state index in [4.69, 9.17) is 0 Å². The first kappa shape index (κ1) is 33.1. The van der Waals surface area contributed by atoms with Crippen molar-refractivity contribution >= 4 is 47.2 Å². The van der Waals surface area contributed by atoms with Gasteiger partial charge in [0.1, 0.15) is 0 Å². The fraction of sp³-hybridized carbons (Fsp3) is 0.700. The van der Waals surface area contributed by atoms with Crippen LogP contribution in [-0.2, 0) is 19.2 Å². The van der Waals surface area contributed by atoms with E-state index in [1.165, 1.54) is 37.2 Å². The van der Waals surface area contributed by atoms with Gasteiger partial charge in [0, 0.05) is 27.7 Å². The topological polar surface area (TPSA) is 74.8 Å². The highest BCUT2D eigenvalue weighted by molar-refractivity contribution is 8.19. The van der Waals surface area contributed by atoms with Crippen molar-refractivity contribution in [2.45, 2.75) is 106 Å². The summed E-state index contributed by atoms with van der Waals surface area (Å²) in [5.41, 5.74) is 0. The van der Waals surface area contributed by atoms with E-state index in [-0.39, 0.29) is 71.2 Å². The molecule has 0 aromatic heterocycles. The van der Waals surface area contributed by atoms with E-state index in [0.717, 1.165) is 51.4 Å². The molecule has 4 amide bonds. The molecule has 0 radical (unpaired) electrons. The molecule has 11 unspecified atom stereocenters. The van der Waals surface area contributed by atoms with Gasteiger partial charge in [-0.2, -0.15) is 0 Å². The van der Waals surface area contributed by atoms with E-state index >= 15 is 0 Å². The normalized spacial score (nSPS) is 43.7. The Hall–Kier alpha value is -2.06. The van der Waals surface area contributed by atoms with Crippen LogP contribution in [0.4, 0.5) is 0 Å². The zero-order chi connectivity index (χ0) is 33.1. The molecule has 0 spiro atoms. The van der Waals surface area contributed by atoms with Crippen LogP contribution in [0.1, 0.15) is 83.5 Å². The number of nitrogens with zero attached hydrogens (tertiary/aromatic N) is 2. The van der Waals surface area contributed by atoms with Crippen LogP contribution in [0.25, 0.3) is 0 Å². The van der Waals surface area contributed by atoms with Gasteiger partial charge in [-0.05, 0) is 80.5 Å². The summed E-state index contributed by atoms with van der Waals surface area (Å²) in [6.45, 7) is 8.08. The molecule has 9 rings (SSSR count). The molecule has 0 N–H and O–H groups in total. The van der Waals surface area contributed by atoms with Gasteiger partial charge in [-0.25, -0.2) is 0 Å². The Kier molecular flexibility index (Phi) is 9.36. The van der Waals surface area contributed by atoms with Crippen molar-refractivity contribution in [2.75, 3.05) is 5.08 Å². The second kappa shape index (κ2) is 13.6. The van der Waals surface area contributed by atoms with E-state index in [0.29, 0.717) is 34.2 Å². The first-order valence-corrected chi connectivity index (χ1v) is 21.1. The second-order valence-electron chi connectivity index (χ2n) is 16.1. The number of likely N-dealkylation sites (tertiary alicyclic amines) is 2. The van der Waals surface area contributed by atoms with Gasteiger partial charge in [-0.3, -0.25) is 29.0 Å². The van der Waals surface area contributed by atoms with Crippen LogP contribution in [0, 0.1) is 59.2 Å². The number of hydrogen-bond donors (Lipinski definition) is 0. The Balaban J connectivity index is 0.000000158. The quantitative estimate of drug-likeness (QED) is 0.214. The average molecular weight is 689 g/mol. The Bertz CT molecular complexity index is 1370. The maximum absolute atomic E-state index is 13.5. The van der Waals surface area contributed by atoms with Crippen molar-refractivity contribution in [3.05, 3.63) is 49.6 Å². The van der Waals surface area contributed by atoms with E-state index in [1.807, 2.05) is 6.08 Å². The molecule has 48 heavy (non-hydrogen) atoms. The predicted molar refractivity (Wildman–Crippen MR) is 193 cm³/mol. The lowest BCUT2D eigenvalue weighted by molar-refractivity contribution is -0.145. The first-order chi connectivity index (χ1) is 23.4. The second-order valence-corrected chi connectivity index (χ2v) is 18.8. The summed E-state index contributed by atoms with van der Waals surface area (Å²) in [6, 6.07) is 0.346. The van der Waals surface area contributed by atoms with E-state index in [9.17, 15) is 19.2 Å². The lowest BCUT2D eigenvalue weighted by Crippen LogP contribution is -2.43. The molecular weight excluding hydrogens is 637 g/mol. The van der Waals surface area contributed by atoms with E-state index in [2.05, 4.69) is 67.1 Å². The number of rotatable bonds is 6. The monoisotopic (exact) mass is 688 g/mol. The number of imide groups is 2. The van der Waals surface area contributed by atoms with Crippen LogP contribution in [0.2, 0.25) is 0 Å². The molecule has 8 fully saturated rings. The van der Waals surface area contributed by atoms with Crippen molar-refractivity contribution in [2.24, 2.45) is 59.2 Å². The molecule has 6 nitrogen and oxygen atoms in total. The highest BCUT2D eigenvalue weighted by Crippen LogP contribution is 2.55. The lowest BCUT2D eigenvalue weighted by atomic mass is 9.85. The summed E-state index contributed by atoms with van der Waals surface area (Å²) >= 11 is 4.17. The smallest absolute Gasteiger partial charge is 0.233 e. The van der Waals surface area contributed by atoms with Gasteiger partial charge < -0.3 is 0 Å². The number of fused-ring (bicyclic) bond motifs is 7. The third kappa shape index (κ3) is 5.45. The van der Waals surface area contributed by atoms with Crippen molar-refractivity contribution in [1.29, 1.82) is 0 Å². The van der Waals surface area contributed by atoms with E-state index in [1.54, 1.807) is 9.80 Å². The van der Waals surface area contributed by atoms with E-state index < -0.39 is 0 Å². The maximum atomic E-state index is 13.5. The lowest BCUT2D eigenvalue weighted by Gasteiger charge is -2.31. The minimum Gasteiger partial charge on any atom is -0.279 e. The van der Waals surface area contributed by atoms with Gasteiger partial charge in [0.2, 0.25) is 23.6 Å². The molecule has 258 valence electrons. The summed E-state index contributed by atoms with van der Waals surface area (Å²) in [5, 5.41) is 2.54. The summed E-state index contributed by atoms with van der Waals surface area (Å²) in [6.07, 6.45) is 27.3. The van der Waals surface area contributed by atoms with Crippen LogP contribution >= 0.6 is 23.5 Å². The van der Waals surface area contributed by atoms with Gasteiger partial charge in [0.25, 0.3) is 0 Å². The molecule has 8 heteroatoms. The fourth-order valence-electron chi connectivity index (χ4n) is 11.4. The van der Waals surface area contributed by atoms with Crippen LogP contribution in [0.5, 0.6) is 0 Å². The van der Waals surface area contributed by atoms with Crippen LogP contribution in [0.15, 0.2) is 49.6 Å². The first-order valence-electron chi connectivity index (χ1n) is 19.0. The average Bonchev–Trinajstić information content (AvgIpc) is 3.97. The van der Waals surface area contributed by atoms with Gasteiger partial charge in [0.15, 0.2) is 0 Å². The number of amides is 4. The molecule has 6 aliphatic carbocycles. The summed E-state index contributed by atoms with van der Waals surface area (Å²) in [4.78, 5) is 55.3. The zero-order valence-corrected chi connectivity index (χ0v) is 29.8. The largest absolute Gasteiger partial charge is 0.279 e. The van der Waals surface area contributed by atoms with Gasteiger partial charge >= 0.3 is 0 Å². The fourth-order valence-corrected chi connectivity index (χ4v) is 15.2. The number of hydrogen-bond acceptors (Lipinski definition) is 6. The van der Waals surface area contributed by atoms with Gasteiger partial charge in [-0.1, -0.05) is 75.0 Å². The highest BCUT2D eigenvalue weighted by Gasteiger charge is 2.61. The third-order valence-corrected chi connectivity index (χ3v) is 17.0. The number of thioether (sulfide) groups is 2. The number of carbonyl (C=O) groups excluding carboxylic acids is 4. The molecular formula is C40H52N2O4S2. The molecule has 0 aromatic rings. The van der Waals surface area contributed by atoms with Gasteiger partial charge in [-0.15, -0.1) is 36.7 Å². The van der Waals surface area contributed by atoms with Crippen LogP contribution in [-0.4, -0.2) is 61.1 Å². The molecule has 5 saturated carbocycles.